The van der Waals surface area contributed by atoms with Gasteiger partial charge in [-0.25, -0.2) is 0 Å². The Labute approximate surface area is 121 Å². The molecule has 0 bridgehead atoms. The van der Waals surface area contributed by atoms with Crippen molar-refractivity contribution >= 4 is 0 Å². The zero-order valence-corrected chi connectivity index (χ0v) is 12.0. The molecule has 0 aromatic heterocycles. The second-order valence-electron chi connectivity index (χ2n) is 5.54. The first kappa shape index (κ1) is 15.1. The van der Waals surface area contributed by atoms with Crippen molar-refractivity contribution in [2.45, 2.75) is 32.4 Å². The number of piperidine rings is 1. The lowest BCUT2D eigenvalue weighted by atomic mass is 9.96. The monoisotopic (exact) mass is 273 g/mol. The fourth-order valence-electron chi connectivity index (χ4n) is 2.43. The number of nitrogens with zero attached hydrogens (tertiary/aromatic N) is 1. The van der Waals surface area contributed by atoms with E-state index < -0.39 is 0 Å². The van der Waals surface area contributed by atoms with Gasteiger partial charge in [0.05, 0.1) is 12.7 Å². The minimum absolute atomic E-state index is 0.112. The van der Waals surface area contributed by atoms with Gasteiger partial charge in [0, 0.05) is 25.1 Å². The van der Waals surface area contributed by atoms with Gasteiger partial charge in [-0.05, 0) is 36.6 Å². The SMILES string of the molecule is CC1CCN(Cc2ccc(C#CCCO)cc2)CC1O. The summed E-state index contributed by atoms with van der Waals surface area (Å²) in [6, 6.07) is 8.21. The average Bonchev–Trinajstić information content (AvgIpc) is 2.45. The maximum atomic E-state index is 9.91. The first-order chi connectivity index (χ1) is 9.69. The van der Waals surface area contributed by atoms with Crippen LogP contribution in [0.25, 0.3) is 0 Å². The lowest BCUT2D eigenvalue weighted by Gasteiger charge is -2.34. The van der Waals surface area contributed by atoms with E-state index >= 15 is 0 Å². The summed E-state index contributed by atoms with van der Waals surface area (Å²) in [6.07, 6.45) is 1.38. The van der Waals surface area contributed by atoms with Crippen molar-refractivity contribution in [3.63, 3.8) is 0 Å². The van der Waals surface area contributed by atoms with E-state index in [1.54, 1.807) is 0 Å². The molecule has 20 heavy (non-hydrogen) atoms. The van der Waals surface area contributed by atoms with Gasteiger partial charge >= 0.3 is 0 Å². The molecule has 3 nitrogen and oxygen atoms in total. The number of rotatable bonds is 3. The molecule has 0 aliphatic carbocycles. The van der Waals surface area contributed by atoms with Crippen LogP contribution in [0.3, 0.4) is 0 Å². The van der Waals surface area contributed by atoms with Gasteiger partial charge in [-0.2, -0.15) is 0 Å². The minimum atomic E-state index is -0.202. The minimum Gasteiger partial charge on any atom is -0.395 e. The molecule has 1 aromatic rings. The Morgan fingerprint density at radius 1 is 1.30 bits per heavy atom. The molecule has 2 atom stereocenters. The molecule has 1 heterocycles. The van der Waals surface area contributed by atoms with Gasteiger partial charge in [0.2, 0.25) is 0 Å². The van der Waals surface area contributed by atoms with Crippen molar-refractivity contribution in [2.75, 3.05) is 19.7 Å². The summed E-state index contributed by atoms with van der Waals surface area (Å²) in [6.45, 7) is 4.92. The van der Waals surface area contributed by atoms with Gasteiger partial charge in [0.15, 0.2) is 0 Å². The standard InChI is InChI=1S/C17H23NO2/c1-14-9-10-18(13-17(14)20)12-16-7-5-15(6-8-16)4-2-3-11-19/h5-8,14,17,19-20H,3,9-13H2,1H3. The number of β-amino-alcohol motifs (C(OH)–C–C–N with tert-alkyl or cyclic N) is 1. The summed E-state index contributed by atoms with van der Waals surface area (Å²) in [4.78, 5) is 2.30. The van der Waals surface area contributed by atoms with Crippen molar-refractivity contribution < 1.29 is 10.2 Å². The largest absolute Gasteiger partial charge is 0.395 e. The van der Waals surface area contributed by atoms with E-state index in [0.29, 0.717) is 12.3 Å². The van der Waals surface area contributed by atoms with Crippen LogP contribution in [-0.4, -0.2) is 40.9 Å². The van der Waals surface area contributed by atoms with Crippen LogP contribution in [0.4, 0.5) is 0 Å². The van der Waals surface area contributed by atoms with E-state index in [9.17, 15) is 5.11 Å². The molecule has 0 saturated carbocycles. The van der Waals surface area contributed by atoms with Gasteiger partial charge < -0.3 is 10.2 Å². The van der Waals surface area contributed by atoms with Crippen molar-refractivity contribution in [3.05, 3.63) is 35.4 Å². The van der Waals surface area contributed by atoms with Gasteiger partial charge in [-0.15, -0.1) is 0 Å². The number of likely N-dealkylation sites (tertiary alicyclic amines) is 1. The summed E-state index contributed by atoms with van der Waals surface area (Å²) in [5.41, 5.74) is 2.23. The highest BCUT2D eigenvalue weighted by molar-refractivity contribution is 5.36. The molecule has 1 aromatic carbocycles. The summed E-state index contributed by atoms with van der Waals surface area (Å²) in [5.74, 6) is 6.36. The fraction of sp³-hybridized carbons (Fsp3) is 0.529. The van der Waals surface area contributed by atoms with Crippen LogP contribution in [0.1, 0.15) is 30.9 Å². The molecule has 0 radical (unpaired) electrons. The topological polar surface area (TPSA) is 43.7 Å². The molecule has 1 aliphatic heterocycles. The lowest BCUT2D eigenvalue weighted by Crippen LogP contribution is -2.42. The van der Waals surface area contributed by atoms with Crippen molar-refractivity contribution in [1.82, 2.24) is 4.90 Å². The van der Waals surface area contributed by atoms with E-state index in [2.05, 4.69) is 35.8 Å². The van der Waals surface area contributed by atoms with Crippen molar-refractivity contribution in [2.24, 2.45) is 5.92 Å². The first-order valence-electron chi connectivity index (χ1n) is 7.28. The fourth-order valence-corrected chi connectivity index (χ4v) is 2.43. The quantitative estimate of drug-likeness (QED) is 0.823. The van der Waals surface area contributed by atoms with Crippen molar-refractivity contribution in [1.29, 1.82) is 0 Å². The predicted molar refractivity (Wildman–Crippen MR) is 80.1 cm³/mol. The molecule has 1 saturated heterocycles. The van der Waals surface area contributed by atoms with Crippen LogP contribution in [0.5, 0.6) is 0 Å². The number of benzene rings is 1. The zero-order valence-electron chi connectivity index (χ0n) is 12.0. The molecule has 2 rings (SSSR count). The second kappa shape index (κ2) is 7.44. The Kier molecular flexibility index (Phi) is 5.60. The van der Waals surface area contributed by atoms with Crippen LogP contribution < -0.4 is 0 Å². The molecule has 1 aliphatic rings. The summed E-state index contributed by atoms with van der Waals surface area (Å²) >= 11 is 0. The molecule has 3 heteroatoms. The Morgan fingerprint density at radius 2 is 2.05 bits per heavy atom. The summed E-state index contributed by atoms with van der Waals surface area (Å²) in [7, 11) is 0. The third-order valence-electron chi connectivity index (χ3n) is 3.83. The number of aliphatic hydroxyl groups excluding tert-OH is 2. The Hall–Kier alpha value is -1.34. The van der Waals surface area contributed by atoms with E-state index in [0.717, 1.165) is 31.6 Å². The van der Waals surface area contributed by atoms with Crippen LogP contribution >= 0.6 is 0 Å². The average molecular weight is 273 g/mol. The maximum absolute atomic E-state index is 9.91. The van der Waals surface area contributed by atoms with Crippen LogP contribution in [0.15, 0.2) is 24.3 Å². The lowest BCUT2D eigenvalue weighted by molar-refractivity contribution is 0.0259. The van der Waals surface area contributed by atoms with Gasteiger partial charge in [0.25, 0.3) is 0 Å². The third kappa shape index (κ3) is 4.35. The normalized spacial score (nSPS) is 23.1. The molecular formula is C17H23NO2. The smallest absolute Gasteiger partial charge is 0.0693 e. The molecule has 1 fully saturated rings. The van der Waals surface area contributed by atoms with Crippen molar-refractivity contribution in [3.8, 4) is 11.8 Å². The summed E-state index contributed by atoms with van der Waals surface area (Å²) < 4.78 is 0. The van der Waals surface area contributed by atoms with Crippen LogP contribution in [0, 0.1) is 17.8 Å². The van der Waals surface area contributed by atoms with E-state index in [-0.39, 0.29) is 12.7 Å². The van der Waals surface area contributed by atoms with Gasteiger partial charge in [0.1, 0.15) is 0 Å². The van der Waals surface area contributed by atoms with Crippen LogP contribution in [-0.2, 0) is 6.54 Å². The first-order valence-corrected chi connectivity index (χ1v) is 7.28. The molecule has 0 spiro atoms. The number of hydrogen-bond donors (Lipinski definition) is 2. The maximum Gasteiger partial charge on any atom is 0.0693 e. The van der Waals surface area contributed by atoms with E-state index in [1.165, 1.54) is 5.56 Å². The highest BCUT2D eigenvalue weighted by Crippen LogP contribution is 2.19. The predicted octanol–water partition coefficient (Wildman–Crippen LogP) is 1.62. The highest BCUT2D eigenvalue weighted by Gasteiger charge is 2.23. The number of hydrogen-bond acceptors (Lipinski definition) is 3. The molecule has 2 N–H and O–H groups in total. The zero-order chi connectivity index (χ0) is 14.4. The van der Waals surface area contributed by atoms with E-state index in [4.69, 9.17) is 5.11 Å². The molecule has 0 amide bonds. The molecule has 2 unspecified atom stereocenters. The Morgan fingerprint density at radius 3 is 2.70 bits per heavy atom. The number of aliphatic hydroxyl groups is 2. The van der Waals surface area contributed by atoms with Gasteiger partial charge in [-0.3, -0.25) is 4.90 Å². The molecule has 108 valence electrons. The summed E-state index contributed by atoms with van der Waals surface area (Å²) in [5, 5.41) is 18.6. The molecular weight excluding hydrogens is 250 g/mol. The van der Waals surface area contributed by atoms with Crippen LogP contribution in [0.2, 0.25) is 0 Å². The second-order valence-corrected chi connectivity index (χ2v) is 5.54. The highest BCUT2D eigenvalue weighted by atomic mass is 16.3. The Balaban J connectivity index is 1.89. The Bertz CT molecular complexity index is 472. The van der Waals surface area contributed by atoms with E-state index in [1.807, 2.05) is 12.1 Å². The van der Waals surface area contributed by atoms with Gasteiger partial charge in [-0.1, -0.05) is 30.9 Å². The third-order valence-corrected chi connectivity index (χ3v) is 3.83.